The lowest BCUT2D eigenvalue weighted by Crippen LogP contribution is -2.51. The van der Waals surface area contributed by atoms with E-state index in [-0.39, 0.29) is 11.9 Å². The van der Waals surface area contributed by atoms with Gasteiger partial charge in [-0.25, -0.2) is 4.79 Å². The molecule has 3 rings (SSSR count). The maximum absolute atomic E-state index is 12.7. The molecule has 1 aromatic carbocycles. The van der Waals surface area contributed by atoms with E-state index in [2.05, 4.69) is 5.32 Å². The first-order chi connectivity index (χ1) is 12.0. The predicted octanol–water partition coefficient (Wildman–Crippen LogP) is 2.63. The number of anilines is 1. The van der Waals surface area contributed by atoms with Crippen LogP contribution in [-0.4, -0.2) is 52.5 Å². The molecule has 0 radical (unpaired) electrons. The molecule has 1 saturated heterocycles. The van der Waals surface area contributed by atoms with Gasteiger partial charge in [0.2, 0.25) is 0 Å². The minimum atomic E-state index is -0.120. The van der Waals surface area contributed by atoms with E-state index < -0.39 is 0 Å². The summed E-state index contributed by atoms with van der Waals surface area (Å²) >= 11 is 0. The Balaban J connectivity index is 1.59. The predicted molar refractivity (Wildman–Crippen MR) is 97.8 cm³/mol. The van der Waals surface area contributed by atoms with Crippen LogP contribution in [0.4, 0.5) is 10.5 Å². The lowest BCUT2D eigenvalue weighted by atomic mass is 10.2. The molecule has 0 saturated carbocycles. The van der Waals surface area contributed by atoms with Crippen molar-refractivity contribution in [3.8, 4) is 0 Å². The molecule has 1 aromatic heterocycles. The van der Waals surface area contributed by atoms with Gasteiger partial charge in [0, 0.05) is 50.3 Å². The standard InChI is InChI=1S/C19H24N4O2/c1-14-13-17(15(2)21(14)3)18(24)22-9-11-23(12-10-22)19(25)20-16-7-5-4-6-8-16/h4-8,13H,9-12H2,1-3H3,(H,20,25). The molecule has 0 unspecified atom stereocenters. The highest BCUT2D eigenvalue weighted by atomic mass is 16.2. The number of nitrogens with one attached hydrogen (secondary N) is 1. The van der Waals surface area contributed by atoms with Crippen LogP contribution in [0, 0.1) is 13.8 Å². The van der Waals surface area contributed by atoms with E-state index in [0.717, 1.165) is 22.6 Å². The fourth-order valence-electron chi connectivity index (χ4n) is 3.08. The van der Waals surface area contributed by atoms with Gasteiger partial charge in [-0.2, -0.15) is 0 Å². The van der Waals surface area contributed by atoms with Crippen molar-refractivity contribution in [3.05, 3.63) is 53.3 Å². The van der Waals surface area contributed by atoms with Crippen molar-refractivity contribution in [2.75, 3.05) is 31.5 Å². The van der Waals surface area contributed by atoms with E-state index in [9.17, 15) is 9.59 Å². The van der Waals surface area contributed by atoms with Gasteiger partial charge >= 0.3 is 6.03 Å². The van der Waals surface area contributed by atoms with Crippen LogP contribution in [0.1, 0.15) is 21.7 Å². The molecule has 6 nitrogen and oxygen atoms in total. The summed E-state index contributed by atoms with van der Waals surface area (Å²) in [5, 5.41) is 2.89. The van der Waals surface area contributed by atoms with Crippen molar-refractivity contribution >= 4 is 17.6 Å². The van der Waals surface area contributed by atoms with Gasteiger partial charge in [0.15, 0.2) is 0 Å². The SMILES string of the molecule is Cc1cc(C(=O)N2CCN(C(=O)Nc3ccccc3)CC2)c(C)n1C. The van der Waals surface area contributed by atoms with Gasteiger partial charge in [0.1, 0.15) is 0 Å². The molecule has 0 aliphatic carbocycles. The highest BCUT2D eigenvalue weighted by Gasteiger charge is 2.26. The quantitative estimate of drug-likeness (QED) is 0.914. The monoisotopic (exact) mass is 340 g/mol. The maximum Gasteiger partial charge on any atom is 0.321 e. The van der Waals surface area contributed by atoms with Crippen LogP contribution < -0.4 is 5.32 Å². The number of hydrogen-bond acceptors (Lipinski definition) is 2. The lowest BCUT2D eigenvalue weighted by Gasteiger charge is -2.34. The molecule has 25 heavy (non-hydrogen) atoms. The number of aromatic nitrogens is 1. The third-order valence-corrected chi connectivity index (χ3v) is 4.88. The number of carbonyl (C=O) groups excluding carboxylic acids is 2. The summed E-state index contributed by atoms with van der Waals surface area (Å²) in [4.78, 5) is 28.6. The Labute approximate surface area is 148 Å². The van der Waals surface area contributed by atoms with Crippen LogP contribution in [0.25, 0.3) is 0 Å². The van der Waals surface area contributed by atoms with E-state index in [1.807, 2.05) is 66.8 Å². The van der Waals surface area contributed by atoms with Crippen LogP contribution in [0.15, 0.2) is 36.4 Å². The van der Waals surface area contributed by atoms with Gasteiger partial charge in [-0.1, -0.05) is 18.2 Å². The molecule has 1 aliphatic rings. The Morgan fingerprint density at radius 2 is 1.56 bits per heavy atom. The summed E-state index contributed by atoms with van der Waals surface area (Å²) in [6.45, 7) is 6.13. The highest BCUT2D eigenvalue weighted by Crippen LogP contribution is 2.17. The Morgan fingerprint density at radius 1 is 0.960 bits per heavy atom. The Kier molecular flexibility index (Phi) is 4.79. The molecule has 0 bridgehead atoms. The van der Waals surface area contributed by atoms with Crippen LogP contribution >= 0.6 is 0 Å². The summed E-state index contributed by atoms with van der Waals surface area (Å²) in [5.74, 6) is 0.0457. The molecular weight excluding hydrogens is 316 g/mol. The number of piperazine rings is 1. The van der Waals surface area contributed by atoms with Crippen molar-refractivity contribution in [2.24, 2.45) is 7.05 Å². The Morgan fingerprint density at radius 3 is 2.12 bits per heavy atom. The second-order valence-electron chi connectivity index (χ2n) is 6.42. The topological polar surface area (TPSA) is 57.6 Å². The zero-order chi connectivity index (χ0) is 18.0. The number of rotatable bonds is 2. The van der Waals surface area contributed by atoms with Crippen molar-refractivity contribution in [2.45, 2.75) is 13.8 Å². The van der Waals surface area contributed by atoms with E-state index >= 15 is 0 Å². The summed E-state index contributed by atoms with van der Waals surface area (Å²) in [5.41, 5.74) is 3.58. The average molecular weight is 340 g/mol. The number of amides is 3. The van der Waals surface area contributed by atoms with Crippen LogP contribution in [-0.2, 0) is 7.05 Å². The number of aryl methyl sites for hydroxylation is 1. The number of hydrogen-bond donors (Lipinski definition) is 1. The van der Waals surface area contributed by atoms with Crippen LogP contribution in [0.5, 0.6) is 0 Å². The molecule has 3 amide bonds. The summed E-state index contributed by atoms with van der Waals surface area (Å²) in [6.07, 6.45) is 0. The third-order valence-electron chi connectivity index (χ3n) is 4.88. The van der Waals surface area contributed by atoms with Crippen molar-refractivity contribution in [3.63, 3.8) is 0 Å². The fraction of sp³-hybridized carbons (Fsp3) is 0.368. The highest BCUT2D eigenvalue weighted by molar-refractivity contribution is 5.96. The minimum Gasteiger partial charge on any atom is -0.351 e. The van der Waals surface area contributed by atoms with Crippen molar-refractivity contribution < 1.29 is 9.59 Å². The zero-order valence-corrected chi connectivity index (χ0v) is 15.0. The Bertz CT molecular complexity index is 774. The van der Waals surface area contributed by atoms with Crippen molar-refractivity contribution in [1.29, 1.82) is 0 Å². The molecule has 6 heteroatoms. The van der Waals surface area contributed by atoms with Crippen molar-refractivity contribution in [1.82, 2.24) is 14.4 Å². The molecule has 2 heterocycles. The number of carbonyl (C=O) groups is 2. The largest absolute Gasteiger partial charge is 0.351 e. The van der Waals surface area contributed by atoms with Gasteiger partial charge in [0.05, 0.1) is 5.56 Å². The minimum absolute atomic E-state index is 0.0457. The summed E-state index contributed by atoms with van der Waals surface area (Å²) < 4.78 is 2.02. The number of benzene rings is 1. The Hall–Kier alpha value is -2.76. The maximum atomic E-state index is 12.7. The zero-order valence-electron chi connectivity index (χ0n) is 15.0. The van der Waals surface area contributed by atoms with Crippen LogP contribution in [0.2, 0.25) is 0 Å². The lowest BCUT2D eigenvalue weighted by molar-refractivity contribution is 0.0671. The molecule has 1 fully saturated rings. The van der Waals surface area contributed by atoms with E-state index in [0.29, 0.717) is 26.2 Å². The molecule has 132 valence electrons. The fourth-order valence-corrected chi connectivity index (χ4v) is 3.08. The van der Waals surface area contributed by atoms with Gasteiger partial charge < -0.3 is 19.7 Å². The molecule has 0 spiro atoms. The van der Waals surface area contributed by atoms with E-state index in [4.69, 9.17) is 0 Å². The van der Waals surface area contributed by atoms with Gasteiger partial charge in [-0.3, -0.25) is 4.79 Å². The van der Waals surface area contributed by atoms with Gasteiger partial charge in [-0.15, -0.1) is 0 Å². The average Bonchev–Trinajstić information content (AvgIpc) is 2.89. The summed E-state index contributed by atoms with van der Waals surface area (Å²) in [6, 6.07) is 11.2. The molecule has 1 N–H and O–H groups in total. The normalized spacial score (nSPS) is 14.5. The molecule has 2 aromatic rings. The van der Waals surface area contributed by atoms with E-state index in [1.54, 1.807) is 4.90 Å². The number of nitrogens with zero attached hydrogens (tertiary/aromatic N) is 3. The molecule has 0 atom stereocenters. The molecule has 1 aliphatic heterocycles. The van der Waals surface area contributed by atoms with Crippen LogP contribution in [0.3, 0.4) is 0 Å². The summed E-state index contributed by atoms with van der Waals surface area (Å²) in [7, 11) is 1.97. The van der Waals surface area contributed by atoms with Gasteiger partial charge in [0.25, 0.3) is 5.91 Å². The second-order valence-corrected chi connectivity index (χ2v) is 6.42. The van der Waals surface area contributed by atoms with Gasteiger partial charge in [-0.05, 0) is 32.0 Å². The first-order valence-electron chi connectivity index (χ1n) is 8.50. The first kappa shape index (κ1) is 17.1. The molecular formula is C19H24N4O2. The second kappa shape index (κ2) is 7.01. The third kappa shape index (κ3) is 3.52. The van der Waals surface area contributed by atoms with E-state index in [1.165, 1.54) is 0 Å². The number of urea groups is 1. The first-order valence-corrected chi connectivity index (χ1v) is 8.50. The number of para-hydroxylation sites is 1. The smallest absolute Gasteiger partial charge is 0.321 e.